The Bertz CT molecular complexity index is 293. The molecule has 4 nitrogen and oxygen atoms in total. The lowest BCUT2D eigenvalue weighted by atomic mass is 10.3. The van der Waals surface area contributed by atoms with Gasteiger partial charge in [-0.15, -0.1) is 0 Å². The van der Waals surface area contributed by atoms with Crippen LogP contribution in [0.1, 0.15) is 12.8 Å². The number of unbranched alkanes of at least 4 members (excludes halogenated alkanes) is 1. The molecule has 1 aromatic heterocycles. The van der Waals surface area contributed by atoms with E-state index in [4.69, 9.17) is 22.4 Å². The lowest BCUT2D eigenvalue weighted by molar-refractivity contribution is 0.286. The smallest absolute Gasteiger partial charge is 0.153 e. The molecule has 0 bridgehead atoms. The molecular formula is C9H14ClN3O. The van der Waals surface area contributed by atoms with Gasteiger partial charge in [-0.05, 0) is 18.9 Å². The topological polar surface area (TPSA) is 71.2 Å². The highest BCUT2D eigenvalue weighted by atomic mass is 35.5. The van der Waals surface area contributed by atoms with E-state index in [1.165, 1.54) is 0 Å². The summed E-state index contributed by atoms with van der Waals surface area (Å²) in [6, 6.07) is 1.78. The molecule has 14 heavy (non-hydrogen) atoms. The van der Waals surface area contributed by atoms with E-state index in [0.717, 1.165) is 25.1 Å². The van der Waals surface area contributed by atoms with Crippen molar-refractivity contribution in [3.8, 4) is 0 Å². The average molecular weight is 216 g/mol. The molecule has 78 valence electrons. The maximum absolute atomic E-state index is 8.58. The Morgan fingerprint density at radius 2 is 2.29 bits per heavy atom. The van der Waals surface area contributed by atoms with Crippen molar-refractivity contribution in [1.82, 2.24) is 4.98 Å². The summed E-state index contributed by atoms with van der Waals surface area (Å²) >= 11 is 5.74. The van der Waals surface area contributed by atoms with Crippen molar-refractivity contribution in [2.75, 3.05) is 24.2 Å². The largest absolute Gasteiger partial charge is 0.396 e. The highest BCUT2D eigenvalue weighted by molar-refractivity contribution is 6.32. The van der Waals surface area contributed by atoms with Crippen molar-refractivity contribution >= 4 is 23.0 Å². The van der Waals surface area contributed by atoms with Gasteiger partial charge in [-0.1, -0.05) is 11.6 Å². The minimum absolute atomic E-state index is 0.217. The minimum Gasteiger partial charge on any atom is -0.396 e. The molecule has 0 radical (unpaired) electrons. The first-order chi connectivity index (χ1) is 6.75. The number of nitrogens with one attached hydrogen (secondary N) is 1. The van der Waals surface area contributed by atoms with Gasteiger partial charge in [0.1, 0.15) is 0 Å². The van der Waals surface area contributed by atoms with Gasteiger partial charge in [0.25, 0.3) is 0 Å². The van der Waals surface area contributed by atoms with Crippen LogP contribution in [0, 0.1) is 0 Å². The fraction of sp³-hybridized carbons (Fsp3) is 0.444. The van der Waals surface area contributed by atoms with Crippen molar-refractivity contribution < 1.29 is 5.11 Å². The normalized spacial score (nSPS) is 10.1. The predicted molar refractivity (Wildman–Crippen MR) is 58.5 cm³/mol. The molecule has 1 rings (SSSR count). The van der Waals surface area contributed by atoms with Gasteiger partial charge in [0.05, 0.1) is 11.4 Å². The molecule has 0 amide bonds. The van der Waals surface area contributed by atoms with Gasteiger partial charge in [0.15, 0.2) is 5.15 Å². The lowest BCUT2D eigenvalue weighted by Crippen LogP contribution is -2.05. The number of aliphatic hydroxyl groups is 1. The van der Waals surface area contributed by atoms with Gasteiger partial charge in [-0.2, -0.15) is 0 Å². The molecule has 0 saturated carbocycles. The number of rotatable bonds is 5. The van der Waals surface area contributed by atoms with Gasteiger partial charge in [0, 0.05) is 19.3 Å². The number of hydrogen-bond donors (Lipinski definition) is 3. The van der Waals surface area contributed by atoms with Gasteiger partial charge in [-0.3, -0.25) is 0 Å². The van der Waals surface area contributed by atoms with Crippen LogP contribution in [0.5, 0.6) is 0 Å². The molecule has 0 saturated heterocycles. The summed E-state index contributed by atoms with van der Waals surface area (Å²) in [7, 11) is 0. The third kappa shape index (κ3) is 3.05. The van der Waals surface area contributed by atoms with Crippen molar-refractivity contribution in [3.05, 3.63) is 17.4 Å². The molecule has 0 spiro atoms. The lowest BCUT2D eigenvalue weighted by Gasteiger charge is -2.08. The van der Waals surface area contributed by atoms with E-state index >= 15 is 0 Å². The molecule has 0 unspecified atom stereocenters. The summed E-state index contributed by atoms with van der Waals surface area (Å²) in [5, 5.41) is 12.0. The molecule has 1 aromatic rings. The fourth-order valence-electron chi connectivity index (χ4n) is 1.06. The summed E-state index contributed by atoms with van der Waals surface area (Å²) in [6.07, 6.45) is 3.29. The summed E-state index contributed by atoms with van der Waals surface area (Å²) < 4.78 is 0. The number of aromatic nitrogens is 1. The molecular weight excluding hydrogens is 202 g/mol. The number of nitrogens with zero attached hydrogens (tertiary/aromatic N) is 1. The van der Waals surface area contributed by atoms with E-state index in [9.17, 15) is 0 Å². The number of pyridine rings is 1. The molecule has 0 atom stereocenters. The van der Waals surface area contributed by atoms with E-state index in [0.29, 0.717) is 10.8 Å². The molecule has 0 aliphatic carbocycles. The monoisotopic (exact) mass is 215 g/mol. The Balaban J connectivity index is 2.46. The van der Waals surface area contributed by atoms with Crippen LogP contribution >= 0.6 is 11.6 Å². The van der Waals surface area contributed by atoms with E-state index < -0.39 is 0 Å². The van der Waals surface area contributed by atoms with Crippen LogP contribution in [-0.2, 0) is 0 Å². The minimum atomic E-state index is 0.217. The number of aliphatic hydroxyl groups excluding tert-OH is 1. The van der Waals surface area contributed by atoms with Crippen LogP contribution in [0.4, 0.5) is 11.4 Å². The highest BCUT2D eigenvalue weighted by Crippen LogP contribution is 2.24. The van der Waals surface area contributed by atoms with Gasteiger partial charge in [0.2, 0.25) is 0 Å². The van der Waals surface area contributed by atoms with Crippen LogP contribution in [0.2, 0.25) is 5.15 Å². The second kappa shape index (κ2) is 5.67. The van der Waals surface area contributed by atoms with Crippen LogP contribution in [0.3, 0.4) is 0 Å². The third-order valence-corrected chi connectivity index (χ3v) is 2.14. The van der Waals surface area contributed by atoms with Crippen LogP contribution in [0.25, 0.3) is 0 Å². The first-order valence-corrected chi connectivity index (χ1v) is 4.88. The Morgan fingerprint density at radius 3 is 3.00 bits per heavy atom. The molecule has 1 heterocycles. The Kier molecular flexibility index (Phi) is 4.49. The van der Waals surface area contributed by atoms with Crippen LogP contribution in [0.15, 0.2) is 12.3 Å². The van der Waals surface area contributed by atoms with Gasteiger partial charge < -0.3 is 16.2 Å². The number of hydrogen-bond acceptors (Lipinski definition) is 4. The number of anilines is 2. The molecule has 5 heteroatoms. The summed E-state index contributed by atoms with van der Waals surface area (Å²) in [6.45, 7) is 0.985. The summed E-state index contributed by atoms with van der Waals surface area (Å²) in [5.74, 6) is 0. The zero-order valence-electron chi connectivity index (χ0n) is 7.83. The highest BCUT2D eigenvalue weighted by Gasteiger charge is 2.02. The zero-order valence-corrected chi connectivity index (χ0v) is 8.59. The predicted octanol–water partition coefficient (Wildman–Crippen LogP) is 1.50. The zero-order chi connectivity index (χ0) is 10.4. The molecule has 0 fully saturated rings. The standard InChI is InChI=1S/C9H14ClN3O/c10-9-8(11)7(3-5-13-9)12-4-1-2-6-14/h3,5,14H,1-2,4,6,11H2,(H,12,13). The van der Waals surface area contributed by atoms with Crippen molar-refractivity contribution in [2.24, 2.45) is 0 Å². The Labute approximate surface area is 88.1 Å². The first kappa shape index (κ1) is 11.1. The van der Waals surface area contributed by atoms with Crippen molar-refractivity contribution in [3.63, 3.8) is 0 Å². The molecule has 0 aliphatic heterocycles. The summed E-state index contributed by atoms with van der Waals surface area (Å²) in [5.41, 5.74) is 6.96. The van der Waals surface area contributed by atoms with Gasteiger partial charge in [-0.25, -0.2) is 4.98 Å². The summed E-state index contributed by atoms with van der Waals surface area (Å²) in [4.78, 5) is 3.84. The van der Waals surface area contributed by atoms with E-state index in [2.05, 4.69) is 10.3 Å². The quantitative estimate of drug-likeness (QED) is 0.514. The van der Waals surface area contributed by atoms with Crippen LogP contribution in [-0.4, -0.2) is 23.2 Å². The maximum Gasteiger partial charge on any atom is 0.153 e. The third-order valence-electron chi connectivity index (χ3n) is 1.84. The average Bonchev–Trinajstić information content (AvgIpc) is 2.19. The Morgan fingerprint density at radius 1 is 1.50 bits per heavy atom. The number of halogens is 1. The molecule has 0 aliphatic rings. The fourth-order valence-corrected chi connectivity index (χ4v) is 1.22. The van der Waals surface area contributed by atoms with Gasteiger partial charge >= 0.3 is 0 Å². The van der Waals surface area contributed by atoms with E-state index in [1.807, 2.05) is 0 Å². The van der Waals surface area contributed by atoms with E-state index in [-0.39, 0.29) is 6.61 Å². The van der Waals surface area contributed by atoms with E-state index in [1.54, 1.807) is 12.3 Å². The SMILES string of the molecule is Nc1c(NCCCCO)ccnc1Cl. The molecule has 0 aromatic carbocycles. The maximum atomic E-state index is 8.58. The second-order valence-electron chi connectivity index (χ2n) is 2.92. The van der Waals surface area contributed by atoms with Crippen LogP contribution < -0.4 is 11.1 Å². The Hall–Kier alpha value is -1.00. The number of nitrogen functional groups attached to an aromatic ring is 1. The first-order valence-electron chi connectivity index (χ1n) is 4.50. The number of nitrogens with two attached hydrogens (primary N) is 1. The second-order valence-corrected chi connectivity index (χ2v) is 3.28. The molecule has 4 N–H and O–H groups in total. The van der Waals surface area contributed by atoms with Crippen molar-refractivity contribution in [2.45, 2.75) is 12.8 Å². The van der Waals surface area contributed by atoms with Crippen molar-refractivity contribution in [1.29, 1.82) is 0 Å².